The van der Waals surface area contributed by atoms with E-state index in [-0.39, 0.29) is 12.6 Å². The zero-order chi connectivity index (χ0) is 18.6. The Morgan fingerprint density at radius 1 is 1.22 bits per heavy atom. The van der Waals surface area contributed by atoms with Gasteiger partial charge >= 0.3 is 0 Å². The highest BCUT2D eigenvalue weighted by molar-refractivity contribution is 7.97. The number of nitrogens with zero attached hydrogens (tertiary/aromatic N) is 3. The number of aliphatic hydroxyl groups is 1. The van der Waals surface area contributed by atoms with E-state index in [0.717, 1.165) is 28.4 Å². The molecule has 1 fully saturated rings. The van der Waals surface area contributed by atoms with E-state index < -0.39 is 0 Å². The van der Waals surface area contributed by atoms with Crippen molar-refractivity contribution in [3.05, 3.63) is 54.1 Å². The van der Waals surface area contributed by atoms with Crippen molar-refractivity contribution in [2.45, 2.75) is 17.9 Å². The van der Waals surface area contributed by atoms with E-state index in [1.54, 1.807) is 11.9 Å². The molecule has 1 saturated heterocycles. The highest BCUT2D eigenvalue weighted by atomic mass is 32.2. The van der Waals surface area contributed by atoms with Crippen LogP contribution in [0.5, 0.6) is 0 Å². The van der Waals surface area contributed by atoms with Crippen molar-refractivity contribution in [2.24, 2.45) is 0 Å². The summed E-state index contributed by atoms with van der Waals surface area (Å²) < 4.78 is 7.67. The summed E-state index contributed by atoms with van der Waals surface area (Å²) in [4.78, 5) is 5.79. The van der Waals surface area contributed by atoms with Gasteiger partial charge in [0.15, 0.2) is 11.6 Å². The molecule has 3 aromatic rings. The van der Waals surface area contributed by atoms with Gasteiger partial charge in [0.1, 0.15) is 0 Å². The van der Waals surface area contributed by atoms with Crippen LogP contribution in [0.25, 0.3) is 22.8 Å². The van der Waals surface area contributed by atoms with Gasteiger partial charge in [0.05, 0.1) is 25.9 Å². The molecule has 1 aliphatic rings. The van der Waals surface area contributed by atoms with Crippen molar-refractivity contribution in [3.63, 3.8) is 0 Å². The Kier molecular flexibility index (Phi) is 5.54. The van der Waals surface area contributed by atoms with Crippen LogP contribution in [-0.4, -0.2) is 57.0 Å². The second-order valence-corrected chi connectivity index (χ2v) is 7.59. The highest BCUT2D eigenvalue weighted by Gasteiger charge is 2.24. The summed E-state index contributed by atoms with van der Waals surface area (Å²) in [7, 11) is 0. The van der Waals surface area contributed by atoms with Crippen LogP contribution in [0.2, 0.25) is 0 Å². The molecule has 1 aromatic heterocycles. The molecular formula is C20H22N4O2S. The molecule has 2 N–H and O–H groups in total. The first-order chi connectivity index (χ1) is 13.2. The van der Waals surface area contributed by atoms with Gasteiger partial charge in [0, 0.05) is 22.6 Å². The fraction of sp³-hybridized carbons (Fsp3) is 0.300. The molecule has 4 rings (SSSR count). The van der Waals surface area contributed by atoms with Crippen molar-refractivity contribution in [3.8, 4) is 22.8 Å². The summed E-state index contributed by atoms with van der Waals surface area (Å²) >= 11 is 1.66. The number of nitrogens with one attached hydrogen (secondary N) is 1. The third-order valence-corrected chi connectivity index (χ3v) is 5.93. The van der Waals surface area contributed by atoms with Crippen molar-refractivity contribution >= 4 is 11.9 Å². The number of rotatable bonds is 5. The number of aryl methyl sites for hydroxylation is 1. The summed E-state index contributed by atoms with van der Waals surface area (Å²) in [6.45, 7) is 4.21. The molecule has 1 unspecified atom stereocenters. The molecule has 27 heavy (non-hydrogen) atoms. The van der Waals surface area contributed by atoms with E-state index in [9.17, 15) is 5.11 Å². The summed E-state index contributed by atoms with van der Waals surface area (Å²) in [5.74, 6) is 1.44. The fourth-order valence-corrected chi connectivity index (χ4v) is 4.07. The van der Waals surface area contributed by atoms with Crippen LogP contribution in [0.1, 0.15) is 5.56 Å². The van der Waals surface area contributed by atoms with Crippen LogP contribution in [0.3, 0.4) is 0 Å². The largest absolute Gasteiger partial charge is 0.395 e. The monoisotopic (exact) mass is 382 g/mol. The zero-order valence-electron chi connectivity index (χ0n) is 15.1. The molecule has 0 aliphatic carbocycles. The Morgan fingerprint density at radius 2 is 2.07 bits per heavy atom. The van der Waals surface area contributed by atoms with Crippen LogP contribution in [0.15, 0.2) is 53.4 Å². The predicted octanol–water partition coefficient (Wildman–Crippen LogP) is 3.15. The number of hydrogen-bond donors (Lipinski definition) is 2. The van der Waals surface area contributed by atoms with Crippen LogP contribution >= 0.6 is 11.9 Å². The molecule has 0 saturated carbocycles. The molecule has 6 nitrogen and oxygen atoms in total. The van der Waals surface area contributed by atoms with Crippen LogP contribution in [-0.2, 0) is 4.74 Å². The highest BCUT2D eigenvalue weighted by Crippen LogP contribution is 2.32. The van der Waals surface area contributed by atoms with Gasteiger partial charge in [0.25, 0.3) is 0 Å². The first kappa shape index (κ1) is 18.2. The molecule has 140 valence electrons. The lowest BCUT2D eigenvalue weighted by Crippen LogP contribution is -2.43. The Hall–Kier alpha value is -2.19. The van der Waals surface area contributed by atoms with Crippen molar-refractivity contribution in [1.82, 2.24) is 19.5 Å². The molecule has 1 atom stereocenters. The standard InChI is InChI=1S/C20H22N4O2S/c1-14-7-8-16(11-18(14)27-24-9-10-26-13-17(24)12-25)20-21-19(22-23-20)15-5-3-2-4-6-15/h2-8,11,17,25H,9-10,12-13H2,1H3,(H,21,22,23). The second kappa shape index (κ2) is 8.22. The Labute approximate surface area is 162 Å². The lowest BCUT2D eigenvalue weighted by atomic mass is 10.1. The first-order valence-electron chi connectivity index (χ1n) is 8.96. The van der Waals surface area contributed by atoms with Gasteiger partial charge in [-0.1, -0.05) is 42.5 Å². The number of benzene rings is 2. The molecule has 0 radical (unpaired) electrons. The van der Waals surface area contributed by atoms with Gasteiger partial charge in [-0.05, 0) is 30.5 Å². The number of aromatic nitrogens is 3. The summed E-state index contributed by atoms with van der Waals surface area (Å²) in [6, 6.07) is 16.2. The zero-order valence-corrected chi connectivity index (χ0v) is 15.9. The molecule has 1 aliphatic heterocycles. The van der Waals surface area contributed by atoms with Gasteiger partial charge in [-0.25, -0.2) is 9.29 Å². The summed E-state index contributed by atoms with van der Waals surface area (Å²) in [5.41, 5.74) is 3.16. The number of H-pyrrole nitrogens is 1. The molecule has 2 aromatic carbocycles. The van der Waals surface area contributed by atoms with E-state index in [0.29, 0.717) is 19.0 Å². The molecular weight excluding hydrogens is 360 g/mol. The Bertz CT molecular complexity index is 900. The minimum absolute atomic E-state index is 0.0139. The molecule has 2 heterocycles. The summed E-state index contributed by atoms with van der Waals surface area (Å²) in [5, 5.41) is 17.0. The van der Waals surface area contributed by atoms with Crippen LogP contribution in [0, 0.1) is 6.92 Å². The molecule has 7 heteroatoms. The van der Waals surface area contributed by atoms with Crippen molar-refractivity contribution < 1.29 is 9.84 Å². The number of aliphatic hydroxyl groups excluding tert-OH is 1. The second-order valence-electron chi connectivity index (χ2n) is 6.50. The lowest BCUT2D eigenvalue weighted by Gasteiger charge is -2.33. The van der Waals surface area contributed by atoms with Gasteiger partial charge in [0.2, 0.25) is 0 Å². The number of morpholine rings is 1. The topological polar surface area (TPSA) is 74.3 Å². The average Bonchev–Trinajstić information content (AvgIpc) is 3.21. The number of hydrogen-bond acceptors (Lipinski definition) is 6. The van der Waals surface area contributed by atoms with Gasteiger partial charge < -0.3 is 9.84 Å². The third-order valence-electron chi connectivity index (χ3n) is 4.58. The van der Waals surface area contributed by atoms with E-state index in [2.05, 4.69) is 38.5 Å². The van der Waals surface area contributed by atoms with E-state index in [1.165, 1.54) is 5.56 Å². The minimum atomic E-state index is 0.0139. The average molecular weight is 382 g/mol. The number of aromatic amines is 1. The lowest BCUT2D eigenvalue weighted by molar-refractivity contribution is 0.0154. The van der Waals surface area contributed by atoms with Crippen LogP contribution in [0.4, 0.5) is 0 Å². The fourth-order valence-electron chi connectivity index (χ4n) is 2.98. The van der Waals surface area contributed by atoms with E-state index >= 15 is 0 Å². The van der Waals surface area contributed by atoms with Gasteiger partial charge in [-0.3, -0.25) is 5.10 Å². The Balaban J connectivity index is 1.58. The van der Waals surface area contributed by atoms with Crippen molar-refractivity contribution in [1.29, 1.82) is 0 Å². The third kappa shape index (κ3) is 4.06. The van der Waals surface area contributed by atoms with Crippen LogP contribution < -0.4 is 0 Å². The van der Waals surface area contributed by atoms with Gasteiger partial charge in [-0.2, -0.15) is 5.10 Å². The maximum atomic E-state index is 9.59. The van der Waals surface area contributed by atoms with Gasteiger partial charge in [-0.15, -0.1) is 0 Å². The summed E-state index contributed by atoms with van der Waals surface area (Å²) in [6.07, 6.45) is 0. The maximum absolute atomic E-state index is 9.59. The smallest absolute Gasteiger partial charge is 0.181 e. The SMILES string of the molecule is Cc1ccc(-c2n[nH]c(-c3ccccc3)n2)cc1SN1CCOCC1CO. The van der Waals surface area contributed by atoms with E-state index in [1.807, 2.05) is 36.4 Å². The first-order valence-corrected chi connectivity index (χ1v) is 9.74. The minimum Gasteiger partial charge on any atom is -0.395 e. The molecule has 0 spiro atoms. The molecule has 0 bridgehead atoms. The molecule has 0 amide bonds. The number of ether oxygens (including phenoxy) is 1. The maximum Gasteiger partial charge on any atom is 0.181 e. The quantitative estimate of drug-likeness (QED) is 0.661. The predicted molar refractivity (Wildman–Crippen MR) is 106 cm³/mol. The van der Waals surface area contributed by atoms with E-state index in [4.69, 9.17) is 4.74 Å². The normalized spacial score (nSPS) is 17.9. The van der Waals surface area contributed by atoms with Crippen molar-refractivity contribution in [2.75, 3.05) is 26.4 Å². The Morgan fingerprint density at radius 3 is 2.89 bits per heavy atom.